The van der Waals surface area contributed by atoms with Crippen molar-refractivity contribution >= 4 is 11.8 Å². The van der Waals surface area contributed by atoms with E-state index >= 15 is 0 Å². The van der Waals surface area contributed by atoms with Crippen LogP contribution < -0.4 is 16.2 Å². The van der Waals surface area contributed by atoms with Gasteiger partial charge in [0.25, 0.3) is 0 Å². The summed E-state index contributed by atoms with van der Waals surface area (Å²) in [6.07, 6.45) is 4.09. The molecule has 0 aromatic carbocycles. The summed E-state index contributed by atoms with van der Waals surface area (Å²) in [5.41, 5.74) is 3.53. The standard InChI is InChI=1S/C11H21N5/c1-5-6-9(3)16(4)10-8(2)7-13-11(14-10)15-12/h7,9H,5-6,12H2,1-4H3,(H,13,14,15). The van der Waals surface area contributed by atoms with Crippen LogP contribution >= 0.6 is 0 Å². The minimum absolute atomic E-state index is 0.455. The van der Waals surface area contributed by atoms with E-state index in [1.165, 1.54) is 0 Å². The van der Waals surface area contributed by atoms with Crippen molar-refractivity contribution in [2.24, 2.45) is 5.84 Å². The molecule has 3 N–H and O–H groups in total. The molecule has 0 aliphatic carbocycles. The van der Waals surface area contributed by atoms with E-state index in [1.54, 1.807) is 6.20 Å². The second kappa shape index (κ2) is 5.65. The molecule has 0 spiro atoms. The first-order valence-electron chi connectivity index (χ1n) is 5.63. The predicted octanol–water partition coefficient (Wildman–Crippen LogP) is 1.70. The molecule has 0 amide bonds. The third kappa shape index (κ3) is 2.82. The molecule has 0 radical (unpaired) electrons. The normalized spacial score (nSPS) is 12.3. The second-order valence-corrected chi connectivity index (χ2v) is 4.09. The number of anilines is 2. The van der Waals surface area contributed by atoms with Crippen LogP contribution in [0.5, 0.6) is 0 Å². The summed E-state index contributed by atoms with van der Waals surface area (Å²) in [5.74, 6) is 6.70. The molecule has 1 unspecified atom stereocenters. The van der Waals surface area contributed by atoms with E-state index in [2.05, 4.69) is 41.2 Å². The Labute approximate surface area is 97.0 Å². The average molecular weight is 223 g/mol. The number of hydrogen-bond donors (Lipinski definition) is 2. The van der Waals surface area contributed by atoms with Crippen molar-refractivity contribution < 1.29 is 0 Å². The largest absolute Gasteiger partial charge is 0.357 e. The fraction of sp³-hybridized carbons (Fsp3) is 0.636. The van der Waals surface area contributed by atoms with Crippen LogP contribution in [-0.2, 0) is 0 Å². The van der Waals surface area contributed by atoms with E-state index < -0.39 is 0 Å². The number of aromatic nitrogens is 2. The first kappa shape index (κ1) is 12.7. The van der Waals surface area contributed by atoms with Crippen LogP contribution in [0.3, 0.4) is 0 Å². The molecule has 90 valence electrons. The summed E-state index contributed by atoms with van der Waals surface area (Å²) >= 11 is 0. The van der Waals surface area contributed by atoms with Gasteiger partial charge < -0.3 is 4.90 Å². The molecule has 1 aromatic heterocycles. The monoisotopic (exact) mass is 223 g/mol. The van der Waals surface area contributed by atoms with E-state index in [-0.39, 0.29) is 0 Å². The zero-order chi connectivity index (χ0) is 12.1. The Kier molecular flexibility index (Phi) is 4.49. The fourth-order valence-electron chi connectivity index (χ4n) is 1.68. The highest BCUT2D eigenvalue weighted by molar-refractivity contribution is 5.48. The van der Waals surface area contributed by atoms with Crippen molar-refractivity contribution in [1.29, 1.82) is 0 Å². The van der Waals surface area contributed by atoms with Gasteiger partial charge in [-0.3, -0.25) is 5.43 Å². The lowest BCUT2D eigenvalue weighted by molar-refractivity contribution is 0.609. The van der Waals surface area contributed by atoms with Crippen LogP contribution in [-0.4, -0.2) is 23.1 Å². The van der Waals surface area contributed by atoms with Crippen molar-refractivity contribution in [2.45, 2.75) is 39.7 Å². The lowest BCUT2D eigenvalue weighted by Gasteiger charge is -2.27. The quantitative estimate of drug-likeness (QED) is 0.587. The number of rotatable bonds is 5. The van der Waals surface area contributed by atoms with E-state index in [1.807, 2.05) is 6.92 Å². The predicted molar refractivity (Wildman–Crippen MR) is 67.4 cm³/mol. The van der Waals surface area contributed by atoms with E-state index in [0.717, 1.165) is 24.2 Å². The Balaban J connectivity index is 2.92. The first-order valence-corrected chi connectivity index (χ1v) is 5.63. The third-order valence-electron chi connectivity index (χ3n) is 2.78. The van der Waals surface area contributed by atoms with Gasteiger partial charge in [0.05, 0.1) is 0 Å². The highest BCUT2D eigenvalue weighted by atomic mass is 15.3. The molecule has 0 saturated carbocycles. The Morgan fingerprint density at radius 3 is 2.81 bits per heavy atom. The molecule has 0 aliphatic rings. The minimum atomic E-state index is 0.455. The second-order valence-electron chi connectivity index (χ2n) is 4.09. The van der Waals surface area contributed by atoms with E-state index in [0.29, 0.717) is 12.0 Å². The van der Waals surface area contributed by atoms with E-state index in [9.17, 15) is 0 Å². The number of nitrogens with zero attached hydrogens (tertiary/aromatic N) is 3. The molecule has 1 aromatic rings. The molecule has 0 aliphatic heterocycles. The van der Waals surface area contributed by atoms with Gasteiger partial charge in [-0.05, 0) is 20.3 Å². The average Bonchev–Trinajstić information content (AvgIpc) is 2.29. The number of hydrogen-bond acceptors (Lipinski definition) is 5. The summed E-state index contributed by atoms with van der Waals surface area (Å²) in [6.45, 7) is 6.38. The zero-order valence-electron chi connectivity index (χ0n) is 10.5. The molecule has 0 fully saturated rings. The molecule has 0 saturated heterocycles. The smallest absolute Gasteiger partial charge is 0.239 e. The molecule has 1 atom stereocenters. The highest BCUT2D eigenvalue weighted by Crippen LogP contribution is 2.19. The van der Waals surface area contributed by atoms with Crippen LogP contribution in [0.25, 0.3) is 0 Å². The Bertz CT molecular complexity index is 339. The molecule has 0 bridgehead atoms. The summed E-state index contributed by atoms with van der Waals surface area (Å²) < 4.78 is 0. The Morgan fingerprint density at radius 2 is 2.25 bits per heavy atom. The van der Waals surface area contributed by atoms with Gasteiger partial charge in [-0.15, -0.1) is 0 Å². The van der Waals surface area contributed by atoms with Gasteiger partial charge in [0.2, 0.25) is 5.95 Å². The van der Waals surface area contributed by atoms with E-state index in [4.69, 9.17) is 5.84 Å². The molecular weight excluding hydrogens is 202 g/mol. The summed E-state index contributed by atoms with van der Waals surface area (Å²) in [4.78, 5) is 10.6. The minimum Gasteiger partial charge on any atom is -0.357 e. The van der Waals surface area contributed by atoms with Crippen molar-refractivity contribution in [3.8, 4) is 0 Å². The van der Waals surface area contributed by atoms with Gasteiger partial charge >= 0.3 is 0 Å². The fourth-order valence-corrected chi connectivity index (χ4v) is 1.68. The SMILES string of the molecule is CCCC(C)N(C)c1nc(NN)ncc1C. The van der Waals surface area contributed by atoms with Gasteiger partial charge in [0.15, 0.2) is 0 Å². The Hall–Kier alpha value is -1.36. The van der Waals surface area contributed by atoms with Crippen LogP contribution in [0.15, 0.2) is 6.20 Å². The molecule has 1 rings (SSSR count). The maximum atomic E-state index is 5.31. The van der Waals surface area contributed by atoms with Crippen LogP contribution in [0.2, 0.25) is 0 Å². The summed E-state index contributed by atoms with van der Waals surface area (Å²) in [5, 5.41) is 0. The van der Waals surface area contributed by atoms with Crippen molar-refractivity contribution in [3.63, 3.8) is 0 Å². The van der Waals surface area contributed by atoms with Gasteiger partial charge in [-0.2, -0.15) is 4.98 Å². The molecule has 5 heteroatoms. The number of nitrogens with one attached hydrogen (secondary N) is 1. The van der Waals surface area contributed by atoms with Crippen molar-refractivity contribution in [3.05, 3.63) is 11.8 Å². The highest BCUT2D eigenvalue weighted by Gasteiger charge is 2.13. The number of nitrogens with two attached hydrogens (primary N) is 1. The lowest BCUT2D eigenvalue weighted by atomic mass is 10.1. The maximum Gasteiger partial charge on any atom is 0.239 e. The lowest BCUT2D eigenvalue weighted by Crippen LogP contribution is -2.30. The number of hydrazine groups is 1. The molecular formula is C11H21N5. The van der Waals surface area contributed by atoms with Gasteiger partial charge in [0, 0.05) is 24.8 Å². The van der Waals surface area contributed by atoms with Gasteiger partial charge in [0.1, 0.15) is 5.82 Å². The summed E-state index contributed by atoms with van der Waals surface area (Å²) in [7, 11) is 2.05. The van der Waals surface area contributed by atoms with Gasteiger partial charge in [-0.25, -0.2) is 10.8 Å². The van der Waals surface area contributed by atoms with Crippen molar-refractivity contribution in [2.75, 3.05) is 17.4 Å². The summed E-state index contributed by atoms with van der Waals surface area (Å²) in [6, 6.07) is 0.462. The molecule has 5 nitrogen and oxygen atoms in total. The van der Waals surface area contributed by atoms with Crippen LogP contribution in [0.4, 0.5) is 11.8 Å². The van der Waals surface area contributed by atoms with Crippen molar-refractivity contribution in [1.82, 2.24) is 9.97 Å². The first-order chi connectivity index (χ1) is 7.60. The maximum absolute atomic E-state index is 5.31. The van der Waals surface area contributed by atoms with Crippen LogP contribution in [0.1, 0.15) is 32.3 Å². The topological polar surface area (TPSA) is 67.1 Å². The Morgan fingerprint density at radius 1 is 1.56 bits per heavy atom. The van der Waals surface area contributed by atoms with Crippen LogP contribution in [0, 0.1) is 6.92 Å². The number of aryl methyl sites for hydroxylation is 1. The van der Waals surface area contributed by atoms with Gasteiger partial charge in [-0.1, -0.05) is 13.3 Å². The zero-order valence-corrected chi connectivity index (χ0v) is 10.5. The molecule has 16 heavy (non-hydrogen) atoms. The third-order valence-corrected chi connectivity index (χ3v) is 2.78. The number of nitrogen functional groups attached to an aromatic ring is 1. The molecule has 1 heterocycles.